The van der Waals surface area contributed by atoms with Gasteiger partial charge < -0.3 is 15.4 Å². The van der Waals surface area contributed by atoms with E-state index in [1.165, 1.54) is 50.7 Å². The van der Waals surface area contributed by atoms with Crippen molar-refractivity contribution in [1.29, 1.82) is 0 Å². The van der Waals surface area contributed by atoms with Crippen molar-refractivity contribution in [2.75, 3.05) is 13.2 Å². The van der Waals surface area contributed by atoms with Crippen LogP contribution in [0.2, 0.25) is 0 Å². The highest BCUT2D eigenvalue weighted by atomic mass is 127. The lowest BCUT2D eigenvalue weighted by atomic mass is 9.96. The minimum absolute atomic E-state index is 0. The van der Waals surface area contributed by atoms with Crippen molar-refractivity contribution in [3.05, 3.63) is 39.9 Å². The number of ether oxygens (including phenoxy) is 1. The third kappa shape index (κ3) is 7.54. The molecule has 8 heteroatoms. The Morgan fingerprint density at radius 2 is 1.82 bits per heavy atom. The van der Waals surface area contributed by atoms with Gasteiger partial charge in [0.1, 0.15) is 0 Å². The van der Waals surface area contributed by atoms with Crippen LogP contribution in [0.4, 0.5) is 5.69 Å². The van der Waals surface area contributed by atoms with Crippen LogP contribution in [0.25, 0.3) is 0 Å². The molecule has 0 radical (unpaired) electrons. The zero-order valence-electron chi connectivity index (χ0n) is 16.3. The minimum Gasteiger partial charge on any atom is -0.376 e. The largest absolute Gasteiger partial charge is 0.376 e. The quantitative estimate of drug-likeness (QED) is 0.201. The van der Waals surface area contributed by atoms with Crippen molar-refractivity contribution < 1.29 is 9.66 Å². The Kier molecular flexibility index (Phi) is 9.97. The fraction of sp³-hybridized carbons (Fsp3) is 0.650. The molecule has 0 bridgehead atoms. The second-order valence-corrected chi connectivity index (χ2v) is 7.44. The van der Waals surface area contributed by atoms with Gasteiger partial charge in [-0.3, -0.25) is 10.1 Å². The fourth-order valence-electron chi connectivity index (χ4n) is 3.67. The number of nitrogens with zero attached hydrogens (tertiary/aromatic N) is 2. The van der Waals surface area contributed by atoms with E-state index in [2.05, 4.69) is 10.6 Å². The minimum atomic E-state index is -0.380. The molecule has 1 aromatic rings. The molecule has 0 aromatic heterocycles. The van der Waals surface area contributed by atoms with Gasteiger partial charge in [0.25, 0.3) is 5.69 Å². The molecule has 7 nitrogen and oxygen atoms in total. The van der Waals surface area contributed by atoms with Crippen LogP contribution in [-0.2, 0) is 11.3 Å². The summed E-state index contributed by atoms with van der Waals surface area (Å²) in [5.74, 6) is 0.814. The Labute approximate surface area is 183 Å². The summed E-state index contributed by atoms with van der Waals surface area (Å²) in [5, 5.41) is 17.8. The van der Waals surface area contributed by atoms with Gasteiger partial charge in [-0.15, -0.1) is 24.0 Å². The Hall–Kier alpha value is -1.42. The third-order valence-corrected chi connectivity index (χ3v) is 5.28. The summed E-state index contributed by atoms with van der Waals surface area (Å²) in [6.07, 6.45) is 9.91. The molecule has 28 heavy (non-hydrogen) atoms. The van der Waals surface area contributed by atoms with E-state index >= 15 is 0 Å². The standard InChI is InChI=1S/C20H30N4O3.HI/c25-24(26)18-11-9-16(10-12-18)14-21-20(23-17-6-2-1-3-7-17)22-15-19-8-4-5-13-27-19;/h9-12,17,19H,1-8,13-15H2,(H2,21,22,23);1H. The van der Waals surface area contributed by atoms with Gasteiger partial charge in [0.05, 0.1) is 17.6 Å². The van der Waals surface area contributed by atoms with Crippen LogP contribution >= 0.6 is 24.0 Å². The van der Waals surface area contributed by atoms with Crippen LogP contribution < -0.4 is 10.6 Å². The molecule has 1 atom stereocenters. The number of nitro groups is 1. The smallest absolute Gasteiger partial charge is 0.269 e. The second-order valence-electron chi connectivity index (χ2n) is 7.44. The molecule has 1 aromatic carbocycles. The van der Waals surface area contributed by atoms with Crippen LogP contribution in [0.1, 0.15) is 56.9 Å². The first kappa shape index (κ1) is 22.9. The third-order valence-electron chi connectivity index (χ3n) is 5.28. The average molecular weight is 502 g/mol. The molecule has 0 amide bonds. The second kappa shape index (κ2) is 12.2. The molecule has 2 N–H and O–H groups in total. The van der Waals surface area contributed by atoms with E-state index < -0.39 is 0 Å². The number of aliphatic imine (C=N–C) groups is 1. The van der Waals surface area contributed by atoms with E-state index in [0.29, 0.717) is 12.6 Å². The highest BCUT2D eigenvalue weighted by Gasteiger charge is 2.17. The summed E-state index contributed by atoms with van der Waals surface area (Å²) in [7, 11) is 0. The number of hydrogen-bond acceptors (Lipinski definition) is 4. The predicted molar refractivity (Wildman–Crippen MR) is 121 cm³/mol. The van der Waals surface area contributed by atoms with E-state index in [9.17, 15) is 10.1 Å². The lowest BCUT2D eigenvalue weighted by Gasteiger charge is -2.27. The molecule has 0 spiro atoms. The fourth-order valence-corrected chi connectivity index (χ4v) is 3.67. The Morgan fingerprint density at radius 1 is 1.11 bits per heavy atom. The van der Waals surface area contributed by atoms with Gasteiger partial charge in [0.2, 0.25) is 0 Å². The highest BCUT2D eigenvalue weighted by Crippen LogP contribution is 2.18. The van der Waals surface area contributed by atoms with Crippen molar-refractivity contribution in [2.24, 2.45) is 4.99 Å². The lowest BCUT2D eigenvalue weighted by molar-refractivity contribution is -0.384. The van der Waals surface area contributed by atoms with Gasteiger partial charge in [-0.25, -0.2) is 4.99 Å². The summed E-state index contributed by atoms with van der Waals surface area (Å²) < 4.78 is 5.81. The molecular weight excluding hydrogens is 471 g/mol. The van der Waals surface area contributed by atoms with Gasteiger partial charge in [-0.1, -0.05) is 31.4 Å². The number of guanidine groups is 1. The zero-order chi connectivity index (χ0) is 18.9. The summed E-state index contributed by atoms with van der Waals surface area (Å²) >= 11 is 0. The van der Waals surface area contributed by atoms with Crippen molar-refractivity contribution in [3.63, 3.8) is 0 Å². The number of nitro benzene ring substituents is 1. The van der Waals surface area contributed by atoms with Crippen LogP contribution in [0.15, 0.2) is 29.3 Å². The molecule has 2 fully saturated rings. The Morgan fingerprint density at radius 3 is 2.46 bits per heavy atom. The molecule has 2 aliphatic rings. The molecule has 1 saturated heterocycles. The summed E-state index contributed by atoms with van der Waals surface area (Å²) in [4.78, 5) is 15.1. The van der Waals surface area contributed by atoms with Crippen LogP contribution in [-0.4, -0.2) is 36.2 Å². The maximum Gasteiger partial charge on any atom is 0.269 e. The topological polar surface area (TPSA) is 88.8 Å². The first-order valence-corrected chi connectivity index (χ1v) is 10.1. The monoisotopic (exact) mass is 502 g/mol. The molecule has 156 valence electrons. The number of benzene rings is 1. The molecule has 1 unspecified atom stereocenters. The van der Waals surface area contributed by atoms with E-state index in [0.717, 1.165) is 37.5 Å². The zero-order valence-corrected chi connectivity index (χ0v) is 18.6. The van der Waals surface area contributed by atoms with Gasteiger partial charge in [0.15, 0.2) is 5.96 Å². The van der Waals surface area contributed by atoms with Crippen molar-refractivity contribution in [3.8, 4) is 0 Å². The number of rotatable bonds is 6. The van der Waals surface area contributed by atoms with E-state index in [1.54, 1.807) is 12.1 Å². The van der Waals surface area contributed by atoms with Crippen LogP contribution in [0.5, 0.6) is 0 Å². The predicted octanol–water partition coefficient (Wildman–Crippen LogP) is 4.15. The first-order valence-electron chi connectivity index (χ1n) is 10.1. The molecule has 1 aliphatic carbocycles. The Bertz CT molecular complexity index is 627. The first-order chi connectivity index (χ1) is 13.2. The summed E-state index contributed by atoms with van der Waals surface area (Å²) in [6.45, 7) is 2.10. The van der Waals surface area contributed by atoms with E-state index in [4.69, 9.17) is 9.73 Å². The maximum absolute atomic E-state index is 10.8. The van der Waals surface area contributed by atoms with E-state index in [1.807, 2.05) is 0 Å². The van der Waals surface area contributed by atoms with Crippen LogP contribution in [0, 0.1) is 10.1 Å². The lowest BCUT2D eigenvalue weighted by Crippen LogP contribution is -2.47. The molecule has 1 aliphatic heterocycles. The Balaban J connectivity index is 0.00000280. The normalized spacial score (nSPS) is 20.9. The average Bonchev–Trinajstić information content (AvgIpc) is 2.72. The van der Waals surface area contributed by atoms with E-state index in [-0.39, 0.29) is 40.7 Å². The number of non-ortho nitro benzene ring substituents is 1. The highest BCUT2D eigenvalue weighted by molar-refractivity contribution is 14.0. The number of nitrogens with one attached hydrogen (secondary N) is 2. The molecule has 3 rings (SSSR count). The number of hydrogen-bond donors (Lipinski definition) is 2. The van der Waals surface area contributed by atoms with Crippen molar-refractivity contribution in [1.82, 2.24) is 10.6 Å². The SMILES string of the molecule is I.O=[N+]([O-])c1ccc(CN=C(NCC2CCCCO2)NC2CCCCC2)cc1. The van der Waals surface area contributed by atoms with Crippen molar-refractivity contribution >= 4 is 35.6 Å². The molecule has 1 saturated carbocycles. The van der Waals surface area contributed by atoms with Crippen molar-refractivity contribution in [2.45, 2.75) is 70.1 Å². The van der Waals surface area contributed by atoms with Gasteiger partial charge >= 0.3 is 0 Å². The van der Waals surface area contributed by atoms with Gasteiger partial charge in [-0.05, 0) is 37.7 Å². The van der Waals surface area contributed by atoms with Crippen LogP contribution in [0.3, 0.4) is 0 Å². The summed E-state index contributed by atoms with van der Waals surface area (Å²) in [5.41, 5.74) is 1.06. The van der Waals surface area contributed by atoms with Gasteiger partial charge in [-0.2, -0.15) is 0 Å². The number of halogens is 1. The summed E-state index contributed by atoms with van der Waals surface area (Å²) in [6, 6.07) is 7.06. The van der Waals surface area contributed by atoms with Gasteiger partial charge in [0, 0.05) is 31.3 Å². The molecule has 1 heterocycles. The maximum atomic E-state index is 10.8. The molecular formula is C20H31IN4O3.